The van der Waals surface area contributed by atoms with Crippen LogP contribution in [0, 0.1) is 0 Å². The number of sulfonamides is 1. The fraction of sp³-hybridized carbons (Fsp3) is 0.308. The van der Waals surface area contributed by atoms with E-state index in [-0.39, 0.29) is 5.75 Å². The summed E-state index contributed by atoms with van der Waals surface area (Å²) in [5.74, 6) is -1.83. The molecule has 0 atom stereocenters. The lowest BCUT2D eigenvalue weighted by atomic mass is 10.1. The Morgan fingerprint density at radius 3 is 2.22 bits per heavy atom. The SMILES string of the molecule is COc1ccc(CC(=O)NC(=NS(=O)(=O)C(F)(F)F)NC(=O)O)cc1OC. The molecule has 0 aliphatic rings. The number of halogens is 3. The minimum absolute atomic E-state index is 0.264. The molecule has 1 rings (SSSR count). The maximum absolute atomic E-state index is 12.4. The fourth-order valence-electron chi connectivity index (χ4n) is 1.70. The summed E-state index contributed by atoms with van der Waals surface area (Å²) < 4.78 is 71.4. The summed E-state index contributed by atoms with van der Waals surface area (Å²) in [5, 5.41) is 11.5. The average molecular weight is 413 g/mol. The third kappa shape index (κ3) is 6.32. The summed E-state index contributed by atoms with van der Waals surface area (Å²) in [5.41, 5.74) is -5.45. The van der Waals surface area contributed by atoms with E-state index >= 15 is 0 Å². The number of hydrogen-bond acceptors (Lipinski definition) is 6. The Balaban J connectivity index is 3.03. The van der Waals surface area contributed by atoms with Gasteiger partial charge in [0.05, 0.1) is 20.6 Å². The van der Waals surface area contributed by atoms with Crippen molar-refractivity contribution in [2.24, 2.45) is 4.40 Å². The lowest BCUT2D eigenvalue weighted by molar-refractivity contribution is -0.119. The van der Waals surface area contributed by atoms with Crippen LogP contribution >= 0.6 is 0 Å². The van der Waals surface area contributed by atoms with Crippen LogP contribution in [0.25, 0.3) is 0 Å². The molecule has 0 saturated heterocycles. The number of nitrogens with one attached hydrogen (secondary N) is 2. The molecule has 10 nitrogen and oxygen atoms in total. The van der Waals surface area contributed by atoms with E-state index in [1.807, 2.05) is 0 Å². The number of methoxy groups -OCH3 is 2. The number of amides is 2. The summed E-state index contributed by atoms with van der Waals surface area (Å²) in [4.78, 5) is 22.5. The van der Waals surface area contributed by atoms with Crippen molar-refractivity contribution in [3.05, 3.63) is 23.8 Å². The fourth-order valence-corrected chi connectivity index (χ4v) is 2.14. The molecule has 0 unspecified atom stereocenters. The Morgan fingerprint density at radius 1 is 1.15 bits per heavy atom. The van der Waals surface area contributed by atoms with Gasteiger partial charge in [0.1, 0.15) is 0 Å². The van der Waals surface area contributed by atoms with Crippen LogP contribution in [-0.2, 0) is 21.2 Å². The second-order valence-corrected chi connectivity index (χ2v) is 6.30. The number of carboxylic acid groups (broad SMARTS) is 1. The smallest absolute Gasteiger partial charge is 0.493 e. The zero-order chi connectivity index (χ0) is 20.8. The van der Waals surface area contributed by atoms with Gasteiger partial charge in [0.25, 0.3) is 0 Å². The Morgan fingerprint density at radius 2 is 1.74 bits per heavy atom. The van der Waals surface area contributed by atoms with Crippen LogP contribution in [0.5, 0.6) is 11.5 Å². The van der Waals surface area contributed by atoms with Gasteiger partial charge in [0.15, 0.2) is 11.5 Å². The van der Waals surface area contributed by atoms with Gasteiger partial charge >= 0.3 is 21.6 Å². The number of nitrogens with zero attached hydrogens (tertiary/aromatic N) is 1. The normalized spacial score (nSPS) is 12.3. The standard InChI is InChI=1S/C13H14F3N3O7S/c1-25-8-4-3-7(5-9(8)26-2)6-10(20)17-11(18-12(21)22)19-27(23,24)13(14,15)16/h3-5H,6H2,1-2H3,(H,21,22)(H2,17,18,19,20). The van der Waals surface area contributed by atoms with E-state index in [2.05, 4.69) is 4.40 Å². The van der Waals surface area contributed by atoms with Crippen molar-refractivity contribution in [2.45, 2.75) is 11.9 Å². The molecule has 150 valence electrons. The van der Waals surface area contributed by atoms with Gasteiger partial charge in [0.2, 0.25) is 11.9 Å². The molecule has 0 aliphatic heterocycles. The summed E-state index contributed by atoms with van der Waals surface area (Å²) in [7, 11) is -3.35. The van der Waals surface area contributed by atoms with Crippen LogP contribution in [0.3, 0.4) is 0 Å². The van der Waals surface area contributed by atoms with Gasteiger partial charge in [-0.3, -0.25) is 15.4 Å². The van der Waals surface area contributed by atoms with Crippen molar-refractivity contribution in [1.29, 1.82) is 0 Å². The minimum atomic E-state index is -6.07. The molecular formula is C13H14F3N3O7S. The predicted octanol–water partition coefficient (Wildman–Crippen LogP) is 0.836. The molecule has 0 aromatic heterocycles. The largest absolute Gasteiger partial charge is 0.518 e. The first-order valence-corrected chi connectivity index (χ1v) is 8.25. The van der Waals surface area contributed by atoms with Crippen LogP contribution in [-0.4, -0.2) is 51.2 Å². The monoisotopic (exact) mass is 413 g/mol. The van der Waals surface area contributed by atoms with Crippen LogP contribution in [0.4, 0.5) is 18.0 Å². The molecule has 0 spiro atoms. The van der Waals surface area contributed by atoms with Crippen molar-refractivity contribution in [3.8, 4) is 11.5 Å². The molecule has 0 radical (unpaired) electrons. The van der Waals surface area contributed by atoms with E-state index in [9.17, 15) is 31.2 Å². The quantitative estimate of drug-likeness (QED) is 0.479. The summed E-state index contributed by atoms with van der Waals surface area (Å²) in [6, 6.07) is 4.29. The Hall–Kier alpha value is -3.03. The van der Waals surface area contributed by atoms with E-state index in [0.717, 1.165) is 0 Å². The first kappa shape index (κ1) is 22.0. The minimum Gasteiger partial charge on any atom is -0.493 e. The van der Waals surface area contributed by atoms with Crippen LogP contribution < -0.4 is 20.1 Å². The first-order valence-electron chi connectivity index (χ1n) is 6.81. The highest BCUT2D eigenvalue weighted by atomic mass is 32.2. The van der Waals surface area contributed by atoms with Gasteiger partial charge in [0, 0.05) is 0 Å². The third-order valence-corrected chi connectivity index (χ3v) is 3.81. The molecule has 0 aliphatic carbocycles. The Bertz CT molecular complexity index is 853. The molecule has 0 saturated carbocycles. The van der Waals surface area contributed by atoms with Crippen LogP contribution in [0.15, 0.2) is 22.6 Å². The number of alkyl halides is 3. The summed E-state index contributed by atoms with van der Waals surface area (Å²) >= 11 is 0. The maximum atomic E-state index is 12.4. The number of ether oxygens (including phenoxy) is 2. The van der Waals surface area contributed by atoms with E-state index in [1.165, 1.54) is 37.7 Å². The van der Waals surface area contributed by atoms with E-state index in [0.29, 0.717) is 11.3 Å². The summed E-state index contributed by atoms with van der Waals surface area (Å²) in [6.45, 7) is 0. The van der Waals surface area contributed by atoms with Crippen LogP contribution in [0.2, 0.25) is 0 Å². The topological polar surface area (TPSA) is 143 Å². The van der Waals surface area contributed by atoms with Crippen molar-refractivity contribution in [3.63, 3.8) is 0 Å². The predicted molar refractivity (Wildman–Crippen MR) is 85.0 cm³/mol. The number of guanidine groups is 1. The van der Waals surface area contributed by atoms with E-state index in [4.69, 9.17) is 14.6 Å². The Kier molecular flexibility index (Phi) is 6.99. The second kappa shape index (κ2) is 8.57. The molecule has 1 aromatic rings. The van der Waals surface area contributed by atoms with Gasteiger partial charge in [-0.05, 0) is 17.7 Å². The van der Waals surface area contributed by atoms with Gasteiger partial charge in [-0.25, -0.2) is 4.79 Å². The lowest BCUT2D eigenvalue weighted by Gasteiger charge is -2.11. The molecule has 0 heterocycles. The molecule has 27 heavy (non-hydrogen) atoms. The van der Waals surface area contributed by atoms with Gasteiger partial charge < -0.3 is 14.6 Å². The van der Waals surface area contributed by atoms with Gasteiger partial charge in [-0.15, -0.1) is 4.40 Å². The molecule has 0 fully saturated rings. The lowest BCUT2D eigenvalue weighted by Crippen LogP contribution is -2.45. The van der Waals surface area contributed by atoms with Crippen molar-refractivity contribution in [1.82, 2.24) is 10.6 Å². The third-order valence-electron chi connectivity index (χ3n) is 2.80. The molecule has 14 heteroatoms. The molecule has 1 aromatic carbocycles. The van der Waals surface area contributed by atoms with Crippen molar-refractivity contribution < 1.29 is 45.8 Å². The maximum Gasteiger partial charge on any atom is 0.518 e. The van der Waals surface area contributed by atoms with Gasteiger partial charge in [-0.2, -0.15) is 21.6 Å². The molecule has 3 N–H and O–H groups in total. The highest BCUT2D eigenvalue weighted by molar-refractivity contribution is 7.91. The summed E-state index contributed by atoms with van der Waals surface area (Å²) in [6.07, 6.45) is -2.38. The zero-order valence-electron chi connectivity index (χ0n) is 13.8. The first-order chi connectivity index (χ1) is 12.4. The van der Waals surface area contributed by atoms with E-state index in [1.54, 1.807) is 5.32 Å². The zero-order valence-corrected chi connectivity index (χ0v) is 14.6. The van der Waals surface area contributed by atoms with E-state index < -0.39 is 39.9 Å². The number of hydrogen-bond donors (Lipinski definition) is 3. The molecule has 2 amide bonds. The number of carbonyl (C=O) groups is 2. The molecule has 0 bridgehead atoms. The highest BCUT2D eigenvalue weighted by Gasteiger charge is 2.46. The molecular weight excluding hydrogens is 399 g/mol. The van der Waals surface area contributed by atoms with Gasteiger partial charge in [-0.1, -0.05) is 6.07 Å². The average Bonchev–Trinajstić information content (AvgIpc) is 2.52. The highest BCUT2D eigenvalue weighted by Crippen LogP contribution is 2.27. The second-order valence-electron chi connectivity index (χ2n) is 4.71. The Labute approximate surface area is 151 Å². The van der Waals surface area contributed by atoms with Crippen molar-refractivity contribution >= 4 is 28.0 Å². The number of rotatable bonds is 5. The number of benzene rings is 1. The van der Waals surface area contributed by atoms with Crippen LogP contribution in [0.1, 0.15) is 5.56 Å². The number of carbonyl (C=O) groups excluding carboxylic acids is 1. The van der Waals surface area contributed by atoms with Crippen molar-refractivity contribution in [2.75, 3.05) is 14.2 Å².